The van der Waals surface area contributed by atoms with Crippen molar-refractivity contribution in [3.05, 3.63) is 12.2 Å². The summed E-state index contributed by atoms with van der Waals surface area (Å²) in [4.78, 5) is 36.4. The highest BCUT2D eigenvalue weighted by Gasteiger charge is 2.19. The maximum absolute atomic E-state index is 12.8. The number of carboxylic acids is 1. The molecule has 52 heavy (non-hydrogen) atoms. The third kappa shape index (κ3) is 36.5. The Bertz CT molecular complexity index is 833. The van der Waals surface area contributed by atoms with Crippen molar-refractivity contribution in [2.45, 2.75) is 251 Å². The van der Waals surface area contributed by atoms with E-state index in [1.807, 2.05) is 0 Å². The monoisotopic (exact) mass is 735 g/mol. The van der Waals surface area contributed by atoms with Crippen molar-refractivity contribution < 1.29 is 24.2 Å². The van der Waals surface area contributed by atoms with Gasteiger partial charge >= 0.3 is 11.9 Å². The number of unbranched alkanes of at least 4 members (excludes halogenated alkanes) is 25. The zero-order valence-electron chi connectivity index (χ0n) is 34.4. The van der Waals surface area contributed by atoms with Crippen LogP contribution in [0.2, 0.25) is 0 Å². The second-order valence-corrected chi connectivity index (χ2v) is 15.5. The molecule has 0 saturated carbocycles. The summed E-state index contributed by atoms with van der Waals surface area (Å²) in [5, 5.41) is 11.9. The number of nitrogens with one attached hydrogen (secondary N) is 1. The molecular weight excluding hydrogens is 649 g/mol. The van der Waals surface area contributed by atoms with Crippen LogP contribution in [0.25, 0.3) is 0 Å². The van der Waals surface area contributed by atoms with Crippen LogP contribution in [0.3, 0.4) is 0 Å². The van der Waals surface area contributed by atoms with Crippen LogP contribution >= 0.6 is 0 Å². The summed E-state index contributed by atoms with van der Waals surface area (Å²) in [6, 6.07) is -0.854. The van der Waals surface area contributed by atoms with Crippen molar-refractivity contribution in [3.8, 4) is 0 Å². The third-order valence-electron chi connectivity index (χ3n) is 10.3. The minimum Gasteiger partial charge on any atom is -0.480 e. The van der Waals surface area contributed by atoms with Gasteiger partial charge in [0.05, 0.1) is 0 Å². The topological polar surface area (TPSA) is 119 Å². The number of nitrogens with two attached hydrogens (primary N) is 1. The molecule has 0 aliphatic rings. The van der Waals surface area contributed by atoms with Gasteiger partial charge in [-0.3, -0.25) is 9.59 Å². The van der Waals surface area contributed by atoms with Gasteiger partial charge in [0.25, 0.3) is 0 Å². The van der Waals surface area contributed by atoms with Gasteiger partial charge in [0, 0.05) is 12.8 Å². The fraction of sp³-hybridized carbons (Fsp3) is 0.889. The van der Waals surface area contributed by atoms with E-state index in [9.17, 15) is 19.5 Å². The van der Waals surface area contributed by atoms with Gasteiger partial charge in [-0.2, -0.15) is 0 Å². The van der Waals surface area contributed by atoms with E-state index in [1.165, 1.54) is 135 Å². The first kappa shape index (κ1) is 50.1. The van der Waals surface area contributed by atoms with Gasteiger partial charge in [0.15, 0.2) is 0 Å². The van der Waals surface area contributed by atoms with E-state index in [2.05, 4.69) is 31.3 Å². The molecule has 306 valence electrons. The summed E-state index contributed by atoms with van der Waals surface area (Å²) in [5.74, 6) is -1.23. The molecule has 7 heteroatoms. The number of esters is 1. The first-order chi connectivity index (χ1) is 25.4. The molecular formula is C45H86N2O5. The lowest BCUT2D eigenvalue weighted by Crippen LogP contribution is -2.40. The summed E-state index contributed by atoms with van der Waals surface area (Å²) in [7, 11) is 0. The third-order valence-corrected chi connectivity index (χ3v) is 10.3. The Morgan fingerprint density at radius 3 is 1.42 bits per heavy atom. The van der Waals surface area contributed by atoms with Crippen LogP contribution in [0.5, 0.6) is 0 Å². The lowest BCUT2D eigenvalue weighted by atomic mass is 10.0. The molecule has 0 aromatic rings. The molecule has 0 aliphatic carbocycles. The van der Waals surface area contributed by atoms with E-state index in [-0.39, 0.29) is 18.0 Å². The van der Waals surface area contributed by atoms with Gasteiger partial charge in [-0.15, -0.1) is 0 Å². The molecule has 0 bridgehead atoms. The lowest BCUT2D eigenvalue weighted by Gasteiger charge is -2.18. The molecule has 0 aromatic carbocycles. The molecule has 0 spiro atoms. The van der Waals surface area contributed by atoms with Crippen LogP contribution in [-0.4, -0.2) is 41.6 Å². The lowest BCUT2D eigenvalue weighted by molar-refractivity contribution is -0.150. The number of ether oxygens (including phenoxy) is 1. The van der Waals surface area contributed by atoms with Gasteiger partial charge in [-0.1, -0.05) is 161 Å². The molecule has 0 rings (SSSR count). The number of hydrogen-bond acceptors (Lipinski definition) is 5. The van der Waals surface area contributed by atoms with E-state index in [1.54, 1.807) is 0 Å². The molecule has 4 N–H and O–H groups in total. The Balaban J connectivity index is 4.31. The number of rotatable bonds is 41. The van der Waals surface area contributed by atoms with E-state index >= 15 is 0 Å². The highest BCUT2D eigenvalue weighted by molar-refractivity contribution is 5.83. The highest BCUT2D eigenvalue weighted by atomic mass is 16.5. The fourth-order valence-corrected chi connectivity index (χ4v) is 6.92. The second kappa shape index (κ2) is 40.3. The summed E-state index contributed by atoms with van der Waals surface area (Å²) in [6.45, 7) is 4.94. The first-order valence-corrected chi connectivity index (χ1v) is 22.5. The van der Waals surface area contributed by atoms with Crippen molar-refractivity contribution in [3.63, 3.8) is 0 Å². The van der Waals surface area contributed by atoms with Crippen LogP contribution in [0.15, 0.2) is 12.2 Å². The van der Waals surface area contributed by atoms with Crippen molar-refractivity contribution in [2.75, 3.05) is 6.54 Å². The van der Waals surface area contributed by atoms with Crippen molar-refractivity contribution >= 4 is 17.8 Å². The number of aliphatic carboxylic acids is 1. The quantitative estimate of drug-likeness (QED) is 0.0327. The molecule has 7 nitrogen and oxygen atoms in total. The smallest absolute Gasteiger partial charge is 0.326 e. The number of carbonyl (C=O) groups excluding carboxylic acids is 2. The summed E-state index contributed by atoms with van der Waals surface area (Å²) >= 11 is 0. The Morgan fingerprint density at radius 2 is 0.942 bits per heavy atom. The summed E-state index contributed by atoms with van der Waals surface area (Å²) < 4.78 is 6.05. The number of amides is 1. The van der Waals surface area contributed by atoms with Gasteiger partial charge < -0.3 is 20.9 Å². The molecule has 0 aromatic heterocycles. The molecule has 2 unspecified atom stereocenters. The number of hydrogen-bond donors (Lipinski definition) is 3. The Hall–Kier alpha value is -1.89. The van der Waals surface area contributed by atoms with Crippen LogP contribution in [0, 0.1) is 0 Å². The van der Waals surface area contributed by atoms with E-state index in [0.29, 0.717) is 32.2 Å². The van der Waals surface area contributed by atoms with Crippen LogP contribution in [-0.2, 0) is 19.1 Å². The molecule has 0 saturated heterocycles. The molecule has 2 atom stereocenters. The maximum Gasteiger partial charge on any atom is 0.326 e. The predicted octanol–water partition coefficient (Wildman–Crippen LogP) is 12.7. The predicted molar refractivity (Wildman–Crippen MR) is 221 cm³/mol. The average Bonchev–Trinajstić information content (AvgIpc) is 3.13. The first-order valence-electron chi connectivity index (χ1n) is 22.5. The zero-order valence-corrected chi connectivity index (χ0v) is 34.4. The number of allylic oxidation sites excluding steroid dienone is 2. The van der Waals surface area contributed by atoms with Gasteiger partial charge in [-0.25, -0.2) is 4.79 Å². The summed E-state index contributed by atoms with van der Waals surface area (Å²) in [5.41, 5.74) is 5.49. The summed E-state index contributed by atoms with van der Waals surface area (Å²) in [6.07, 6.45) is 44.0. The number of carbonyl (C=O) groups is 3. The van der Waals surface area contributed by atoms with Crippen LogP contribution < -0.4 is 11.1 Å². The van der Waals surface area contributed by atoms with Gasteiger partial charge in [0.1, 0.15) is 12.1 Å². The Kier molecular flexibility index (Phi) is 38.8. The van der Waals surface area contributed by atoms with Gasteiger partial charge in [-0.05, 0) is 83.6 Å². The minimum atomic E-state index is -1.00. The maximum atomic E-state index is 12.8. The van der Waals surface area contributed by atoms with Crippen molar-refractivity contribution in [1.82, 2.24) is 5.32 Å². The van der Waals surface area contributed by atoms with E-state index in [4.69, 9.17) is 10.5 Å². The molecule has 0 heterocycles. The van der Waals surface area contributed by atoms with E-state index < -0.39 is 12.0 Å². The van der Waals surface area contributed by atoms with Crippen LogP contribution in [0.1, 0.15) is 239 Å². The largest absolute Gasteiger partial charge is 0.480 e. The van der Waals surface area contributed by atoms with Crippen LogP contribution in [0.4, 0.5) is 0 Å². The van der Waals surface area contributed by atoms with Crippen molar-refractivity contribution in [1.29, 1.82) is 0 Å². The average molecular weight is 735 g/mol. The Labute approximate surface area is 321 Å². The number of carboxylic acid groups (broad SMARTS) is 1. The SMILES string of the molecule is CCCCC/C=C\CCCCCCCC(=O)OC(CCCCCCCCCCCCCCCC)CCCCCCCC(=O)NC(CCCN)C(=O)O. The normalized spacial score (nSPS) is 12.7. The molecule has 0 fully saturated rings. The fourth-order valence-electron chi connectivity index (χ4n) is 6.92. The standard InChI is InChI=1S/C45H86N2O5/c1-3-5-7-9-11-13-15-17-18-19-21-23-26-30-35-41(52-44(49)39-33-29-24-22-20-16-14-12-10-8-6-4-2)36-31-27-25-28-32-38-43(48)47-42(45(50)51)37-34-40-46/h12,14,41-42H,3-11,13,15-40,46H2,1-2H3,(H,47,48)(H,50,51)/b14-12-. The Morgan fingerprint density at radius 1 is 0.538 bits per heavy atom. The zero-order chi connectivity index (χ0) is 38.2. The molecule has 0 radical (unpaired) electrons. The molecule has 1 amide bonds. The van der Waals surface area contributed by atoms with Gasteiger partial charge in [0.2, 0.25) is 5.91 Å². The minimum absolute atomic E-state index is 0.0150. The highest BCUT2D eigenvalue weighted by Crippen LogP contribution is 2.19. The molecule has 0 aliphatic heterocycles. The van der Waals surface area contributed by atoms with Crippen molar-refractivity contribution in [2.24, 2.45) is 5.73 Å². The second-order valence-electron chi connectivity index (χ2n) is 15.5. The van der Waals surface area contributed by atoms with E-state index in [0.717, 1.165) is 64.2 Å².